The second kappa shape index (κ2) is 7.28. The number of methoxy groups -OCH3 is 3. The Bertz CT molecular complexity index is 326. The number of rotatable bonds is 5. The Balaban J connectivity index is 0.00000256. The van der Waals surface area contributed by atoms with Crippen molar-refractivity contribution in [2.75, 3.05) is 21.3 Å². The highest BCUT2D eigenvalue weighted by Gasteiger charge is 2.13. The molecule has 4 heteroatoms. The lowest BCUT2D eigenvalue weighted by molar-refractivity contribution is 0.323. The molecule has 1 aromatic carbocycles. The fraction of sp³-hybridized carbons (Fsp3) is 0.538. The lowest BCUT2D eigenvalue weighted by Crippen LogP contribution is -1.99. The SMILES string of the molecule is COc1cc(CC(C)C)cc(OC)c1OC.Cl. The second-order valence-electron chi connectivity index (χ2n) is 4.13. The molecule has 3 nitrogen and oxygen atoms in total. The first-order valence-corrected chi connectivity index (χ1v) is 5.41. The third-order valence-electron chi connectivity index (χ3n) is 2.37. The molecule has 1 aromatic rings. The molecule has 0 aromatic heterocycles. The zero-order valence-electron chi connectivity index (χ0n) is 11.1. The van der Waals surface area contributed by atoms with Crippen molar-refractivity contribution in [2.24, 2.45) is 5.92 Å². The van der Waals surface area contributed by atoms with Gasteiger partial charge in [0.2, 0.25) is 5.75 Å². The van der Waals surface area contributed by atoms with Crippen LogP contribution in [0, 0.1) is 5.92 Å². The average molecular weight is 261 g/mol. The van der Waals surface area contributed by atoms with Crippen molar-refractivity contribution in [2.45, 2.75) is 20.3 Å². The van der Waals surface area contributed by atoms with Gasteiger partial charge in [0.15, 0.2) is 11.5 Å². The van der Waals surface area contributed by atoms with Gasteiger partial charge in [-0.05, 0) is 30.0 Å². The lowest BCUT2D eigenvalue weighted by atomic mass is 10.0. The van der Waals surface area contributed by atoms with Crippen LogP contribution in [-0.2, 0) is 6.42 Å². The molecule has 17 heavy (non-hydrogen) atoms. The summed E-state index contributed by atoms with van der Waals surface area (Å²) in [7, 11) is 4.88. The molecule has 0 heterocycles. The second-order valence-corrected chi connectivity index (χ2v) is 4.13. The van der Waals surface area contributed by atoms with Crippen molar-refractivity contribution < 1.29 is 14.2 Å². The molecule has 0 aliphatic rings. The van der Waals surface area contributed by atoms with Crippen molar-refractivity contribution in [1.29, 1.82) is 0 Å². The fourth-order valence-corrected chi connectivity index (χ4v) is 1.72. The molecule has 0 saturated carbocycles. The summed E-state index contributed by atoms with van der Waals surface area (Å²) in [5.74, 6) is 2.69. The highest BCUT2D eigenvalue weighted by atomic mass is 35.5. The van der Waals surface area contributed by atoms with E-state index in [1.807, 2.05) is 12.1 Å². The van der Waals surface area contributed by atoms with Crippen LogP contribution in [0.5, 0.6) is 17.2 Å². The Morgan fingerprint density at radius 2 is 1.41 bits per heavy atom. The van der Waals surface area contributed by atoms with Crippen LogP contribution in [0.15, 0.2) is 12.1 Å². The zero-order chi connectivity index (χ0) is 12.1. The standard InChI is InChI=1S/C13H20O3.ClH/c1-9(2)6-10-7-11(14-3)13(16-5)12(8-10)15-4;/h7-9H,6H2,1-5H3;1H. The van der Waals surface area contributed by atoms with Gasteiger partial charge < -0.3 is 14.2 Å². The molecule has 98 valence electrons. The Kier molecular flexibility index (Phi) is 6.81. The monoisotopic (exact) mass is 260 g/mol. The normalized spacial score (nSPS) is 9.76. The molecule has 0 spiro atoms. The van der Waals surface area contributed by atoms with Crippen LogP contribution in [0.1, 0.15) is 19.4 Å². The summed E-state index contributed by atoms with van der Waals surface area (Å²) in [5, 5.41) is 0. The van der Waals surface area contributed by atoms with E-state index < -0.39 is 0 Å². The molecule has 0 atom stereocenters. The van der Waals surface area contributed by atoms with Gasteiger partial charge in [0.25, 0.3) is 0 Å². The molecule has 0 unspecified atom stereocenters. The number of hydrogen-bond donors (Lipinski definition) is 0. The average Bonchev–Trinajstić information content (AvgIpc) is 2.26. The molecule has 0 saturated heterocycles. The maximum atomic E-state index is 5.30. The topological polar surface area (TPSA) is 27.7 Å². The Hall–Kier alpha value is -1.09. The van der Waals surface area contributed by atoms with Gasteiger partial charge in [0.1, 0.15) is 0 Å². The van der Waals surface area contributed by atoms with Crippen molar-refractivity contribution in [1.82, 2.24) is 0 Å². The number of halogens is 1. The van der Waals surface area contributed by atoms with Gasteiger partial charge in [-0.15, -0.1) is 12.4 Å². The number of ether oxygens (including phenoxy) is 3. The molecule has 1 rings (SSSR count). The minimum Gasteiger partial charge on any atom is -0.493 e. The van der Waals surface area contributed by atoms with E-state index in [1.165, 1.54) is 5.56 Å². The van der Waals surface area contributed by atoms with Crippen molar-refractivity contribution in [3.05, 3.63) is 17.7 Å². The molecular formula is C13H21ClO3. The lowest BCUT2D eigenvalue weighted by Gasteiger charge is -2.14. The highest BCUT2D eigenvalue weighted by Crippen LogP contribution is 2.38. The first kappa shape index (κ1) is 15.9. The van der Waals surface area contributed by atoms with Crippen LogP contribution in [-0.4, -0.2) is 21.3 Å². The molecule has 0 bridgehead atoms. The van der Waals surface area contributed by atoms with E-state index in [0.29, 0.717) is 11.7 Å². The Morgan fingerprint density at radius 3 is 1.71 bits per heavy atom. The van der Waals surface area contributed by atoms with Gasteiger partial charge in [0, 0.05) is 0 Å². The van der Waals surface area contributed by atoms with Crippen molar-refractivity contribution in [3.63, 3.8) is 0 Å². The van der Waals surface area contributed by atoms with Gasteiger partial charge in [0.05, 0.1) is 21.3 Å². The van der Waals surface area contributed by atoms with Crippen LogP contribution in [0.2, 0.25) is 0 Å². The van der Waals surface area contributed by atoms with Gasteiger partial charge in [-0.1, -0.05) is 13.8 Å². The summed E-state index contributed by atoms with van der Waals surface area (Å²) in [5.41, 5.74) is 1.20. The van der Waals surface area contributed by atoms with Gasteiger partial charge >= 0.3 is 0 Å². The molecule has 0 radical (unpaired) electrons. The number of hydrogen-bond acceptors (Lipinski definition) is 3. The summed E-state index contributed by atoms with van der Waals surface area (Å²) < 4.78 is 15.9. The van der Waals surface area contributed by atoms with Crippen molar-refractivity contribution >= 4 is 12.4 Å². The Labute approximate surface area is 109 Å². The van der Waals surface area contributed by atoms with Crippen LogP contribution in [0.25, 0.3) is 0 Å². The van der Waals surface area contributed by atoms with E-state index >= 15 is 0 Å². The third-order valence-corrected chi connectivity index (χ3v) is 2.37. The quantitative estimate of drug-likeness (QED) is 0.813. The molecule has 0 N–H and O–H groups in total. The van der Waals surface area contributed by atoms with Crippen LogP contribution >= 0.6 is 12.4 Å². The first-order chi connectivity index (χ1) is 7.62. The fourth-order valence-electron chi connectivity index (χ4n) is 1.72. The van der Waals surface area contributed by atoms with Crippen LogP contribution in [0.3, 0.4) is 0 Å². The maximum Gasteiger partial charge on any atom is 0.203 e. The number of benzene rings is 1. The molecule has 0 amide bonds. The summed E-state index contributed by atoms with van der Waals surface area (Å²) >= 11 is 0. The highest BCUT2D eigenvalue weighted by molar-refractivity contribution is 5.85. The van der Waals surface area contributed by atoms with E-state index in [0.717, 1.165) is 17.9 Å². The van der Waals surface area contributed by atoms with Crippen LogP contribution < -0.4 is 14.2 Å². The predicted octanol–water partition coefficient (Wildman–Crippen LogP) is 3.33. The molecule has 0 aliphatic carbocycles. The van der Waals surface area contributed by atoms with E-state index in [4.69, 9.17) is 14.2 Å². The van der Waals surface area contributed by atoms with E-state index in [1.54, 1.807) is 21.3 Å². The maximum absolute atomic E-state index is 5.30. The van der Waals surface area contributed by atoms with Crippen molar-refractivity contribution in [3.8, 4) is 17.2 Å². The minimum atomic E-state index is 0. The summed E-state index contributed by atoms with van der Waals surface area (Å²) in [4.78, 5) is 0. The summed E-state index contributed by atoms with van der Waals surface area (Å²) in [6, 6.07) is 4.00. The molecular weight excluding hydrogens is 240 g/mol. The van der Waals surface area contributed by atoms with Crippen LogP contribution in [0.4, 0.5) is 0 Å². The Morgan fingerprint density at radius 1 is 0.941 bits per heavy atom. The summed E-state index contributed by atoms with van der Waals surface area (Å²) in [6.07, 6.45) is 0.997. The predicted molar refractivity (Wildman–Crippen MR) is 71.9 cm³/mol. The van der Waals surface area contributed by atoms with E-state index in [2.05, 4.69) is 13.8 Å². The van der Waals surface area contributed by atoms with E-state index in [9.17, 15) is 0 Å². The van der Waals surface area contributed by atoms with Gasteiger partial charge in [-0.25, -0.2) is 0 Å². The first-order valence-electron chi connectivity index (χ1n) is 5.41. The smallest absolute Gasteiger partial charge is 0.203 e. The van der Waals surface area contributed by atoms with Gasteiger partial charge in [-0.3, -0.25) is 0 Å². The van der Waals surface area contributed by atoms with Gasteiger partial charge in [-0.2, -0.15) is 0 Å². The third kappa shape index (κ3) is 4.00. The minimum absolute atomic E-state index is 0. The molecule has 0 aliphatic heterocycles. The zero-order valence-corrected chi connectivity index (χ0v) is 11.9. The van der Waals surface area contributed by atoms with E-state index in [-0.39, 0.29) is 12.4 Å². The molecule has 0 fully saturated rings. The largest absolute Gasteiger partial charge is 0.493 e. The summed E-state index contributed by atoms with van der Waals surface area (Å²) in [6.45, 7) is 4.37.